The molecule has 0 aromatic heterocycles. The summed E-state index contributed by atoms with van der Waals surface area (Å²) in [6, 6.07) is 0. The first-order valence-electron chi connectivity index (χ1n) is 4.02. The fourth-order valence-electron chi connectivity index (χ4n) is 1.08. The van der Waals surface area contributed by atoms with Crippen LogP contribution in [0, 0.1) is 0 Å². The maximum Gasteiger partial charge on any atom is 0.317 e. The lowest BCUT2D eigenvalue weighted by Crippen LogP contribution is -2.32. The van der Waals surface area contributed by atoms with Gasteiger partial charge in [-0.1, -0.05) is 0 Å². The van der Waals surface area contributed by atoms with Crippen molar-refractivity contribution in [2.45, 2.75) is 18.9 Å². The van der Waals surface area contributed by atoms with Gasteiger partial charge in [-0.05, 0) is 18.9 Å². The number of carbonyl (C=O) groups is 1. The molecule has 4 nitrogen and oxygen atoms in total. The Morgan fingerprint density at radius 1 is 1.75 bits per heavy atom. The minimum Gasteiger partial charge on any atom is -0.497 e. The predicted molar refractivity (Wildman–Crippen MR) is 43.8 cm³/mol. The molecule has 1 unspecified atom stereocenters. The lowest BCUT2D eigenvalue weighted by molar-refractivity contribution is -0.136. The van der Waals surface area contributed by atoms with E-state index in [0.29, 0.717) is 6.54 Å². The van der Waals surface area contributed by atoms with Crippen LogP contribution in [0.15, 0.2) is 12.3 Å². The molecule has 0 radical (unpaired) electrons. The molecule has 0 saturated carbocycles. The van der Waals surface area contributed by atoms with Gasteiger partial charge in [-0.2, -0.15) is 0 Å². The number of carboxylic acid groups (broad SMARTS) is 1. The molecule has 0 aromatic carbocycles. The monoisotopic (exact) mass is 171 g/mol. The van der Waals surface area contributed by atoms with E-state index in [2.05, 4.69) is 5.32 Å². The third-order valence-electron chi connectivity index (χ3n) is 1.67. The van der Waals surface area contributed by atoms with Gasteiger partial charge in [0.25, 0.3) is 0 Å². The highest BCUT2D eigenvalue weighted by molar-refractivity contribution is 5.68. The van der Waals surface area contributed by atoms with Gasteiger partial charge >= 0.3 is 5.97 Å². The molecule has 0 saturated heterocycles. The van der Waals surface area contributed by atoms with Gasteiger partial charge in [0.05, 0.1) is 12.8 Å². The van der Waals surface area contributed by atoms with Crippen LogP contribution >= 0.6 is 0 Å². The predicted octanol–water partition coefficient (Wildman–Crippen LogP) is 0.353. The number of rotatable bonds is 4. The first-order chi connectivity index (χ1) is 5.79. The summed E-state index contributed by atoms with van der Waals surface area (Å²) in [6.07, 6.45) is 5.75. The largest absolute Gasteiger partial charge is 0.497 e. The second kappa shape index (κ2) is 4.77. The number of aliphatic carboxylic acids is 1. The van der Waals surface area contributed by atoms with E-state index in [9.17, 15) is 4.79 Å². The Bertz CT molecular complexity index is 179. The first-order valence-corrected chi connectivity index (χ1v) is 4.02. The number of nitrogens with one attached hydrogen (secondary N) is 1. The summed E-state index contributed by atoms with van der Waals surface area (Å²) in [7, 11) is 0. The van der Waals surface area contributed by atoms with Crippen LogP contribution in [0.3, 0.4) is 0 Å². The Hall–Kier alpha value is -1.03. The van der Waals surface area contributed by atoms with Crippen molar-refractivity contribution in [3.63, 3.8) is 0 Å². The Labute approximate surface area is 71.2 Å². The second-order valence-electron chi connectivity index (χ2n) is 2.73. The third kappa shape index (κ3) is 3.39. The van der Waals surface area contributed by atoms with E-state index >= 15 is 0 Å². The molecule has 1 heterocycles. The molecule has 1 rings (SSSR count). The average Bonchev–Trinajstić information content (AvgIpc) is 2.05. The van der Waals surface area contributed by atoms with E-state index in [1.807, 2.05) is 6.08 Å². The maximum atomic E-state index is 10.1. The summed E-state index contributed by atoms with van der Waals surface area (Å²) < 4.78 is 5.22. The van der Waals surface area contributed by atoms with Crippen molar-refractivity contribution in [3.05, 3.63) is 12.3 Å². The van der Waals surface area contributed by atoms with E-state index in [4.69, 9.17) is 9.84 Å². The van der Waals surface area contributed by atoms with Gasteiger partial charge in [0.1, 0.15) is 6.10 Å². The van der Waals surface area contributed by atoms with E-state index < -0.39 is 5.97 Å². The zero-order valence-electron chi connectivity index (χ0n) is 6.82. The third-order valence-corrected chi connectivity index (χ3v) is 1.67. The van der Waals surface area contributed by atoms with Crippen molar-refractivity contribution in [3.8, 4) is 0 Å². The highest BCUT2D eigenvalue weighted by Gasteiger charge is 2.10. The smallest absolute Gasteiger partial charge is 0.317 e. The molecule has 4 heteroatoms. The molecule has 0 aliphatic carbocycles. The Balaban J connectivity index is 2.06. The molecular weight excluding hydrogens is 158 g/mol. The summed E-state index contributed by atoms with van der Waals surface area (Å²) in [5.41, 5.74) is 0. The van der Waals surface area contributed by atoms with Crippen LogP contribution in [0.5, 0.6) is 0 Å². The van der Waals surface area contributed by atoms with Gasteiger partial charge in [0.2, 0.25) is 0 Å². The molecule has 12 heavy (non-hydrogen) atoms. The average molecular weight is 171 g/mol. The fourth-order valence-corrected chi connectivity index (χ4v) is 1.08. The van der Waals surface area contributed by atoms with Crippen molar-refractivity contribution in [1.82, 2.24) is 5.32 Å². The summed E-state index contributed by atoms with van der Waals surface area (Å²) in [5, 5.41) is 11.1. The number of ether oxygens (including phenoxy) is 1. The minimum absolute atomic E-state index is 0.00355. The van der Waals surface area contributed by atoms with Gasteiger partial charge in [-0.25, -0.2) is 0 Å². The van der Waals surface area contributed by atoms with Crippen molar-refractivity contribution in [1.29, 1.82) is 0 Å². The Morgan fingerprint density at radius 3 is 3.17 bits per heavy atom. The molecule has 0 aromatic rings. The first kappa shape index (κ1) is 9.06. The molecule has 2 N–H and O–H groups in total. The number of hydrogen-bond donors (Lipinski definition) is 2. The SMILES string of the molecule is O=C(O)CNCC1CCC=CO1. The summed E-state index contributed by atoms with van der Waals surface area (Å²) in [5.74, 6) is -0.832. The minimum atomic E-state index is -0.832. The maximum absolute atomic E-state index is 10.1. The number of hydrogen-bond acceptors (Lipinski definition) is 3. The summed E-state index contributed by atoms with van der Waals surface area (Å²) >= 11 is 0. The van der Waals surface area contributed by atoms with Crippen LogP contribution in [-0.2, 0) is 9.53 Å². The Morgan fingerprint density at radius 2 is 2.58 bits per heavy atom. The lowest BCUT2D eigenvalue weighted by atomic mass is 10.1. The Kier molecular flexibility index (Phi) is 3.60. The topological polar surface area (TPSA) is 58.6 Å². The van der Waals surface area contributed by atoms with Crippen LogP contribution in [0.4, 0.5) is 0 Å². The van der Waals surface area contributed by atoms with Crippen LogP contribution in [0.1, 0.15) is 12.8 Å². The normalized spacial score (nSPS) is 21.8. The molecule has 0 bridgehead atoms. The van der Waals surface area contributed by atoms with Crippen LogP contribution < -0.4 is 5.32 Å². The second-order valence-corrected chi connectivity index (χ2v) is 2.73. The molecular formula is C8H13NO3. The van der Waals surface area contributed by atoms with Crippen molar-refractivity contribution < 1.29 is 14.6 Å². The van der Waals surface area contributed by atoms with Gasteiger partial charge in [0, 0.05) is 6.54 Å². The molecule has 68 valence electrons. The van der Waals surface area contributed by atoms with Gasteiger partial charge < -0.3 is 15.2 Å². The molecule has 1 aliphatic rings. The van der Waals surface area contributed by atoms with Gasteiger partial charge in [0.15, 0.2) is 0 Å². The summed E-state index contributed by atoms with van der Waals surface area (Å²) in [6.45, 7) is 0.611. The summed E-state index contributed by atoms with van der Waals surface area (Å²) in [4.78, 5) is 10.1. The van der Waals surface area contributed by atoms with Crippen molar-refractivity contribution >= 4 is 5.97 Å². The van der Waals surface area contributed by atoms with E-state index in [1.165, 1.54) is 0 Å². The van der Waals surface area contributed by atoms with E-state index in [0.717, 1.165) is 12.8 Å². The highest BCUT2D eigenvalue weighted by Crippen LogP contribution is 2.08. The van der Waals surface area contributed by atoms with E-state index in [1.54, 1.807) is 6.26 Å². The van der Waals surface area contributed by atoms with Crippen LogP contribution in [0.25, 0.3) is 0 Å². The molecule has 0 amide bonds. The standard InChI is InChI=1S/C8H13NO3/c10-8(11)6-9-5-7-3-1-2-4-12-7/h2,4,7,9H,1,3,5-6H2,(H,10,11). The molecule has 1 atom stereocenters. The lowest BCUT2D eigenvalue weighted by Gasteiger charge is -2.18. The highest BCUT2D eigenvalue weighted by atomic mass is 16.5. The van der Waals surface area contributed by atoms with Gasteiger partial charge in [-0.15, -0.1) is 0 Å². The van der Waals surface area contributed by atoms with Crippen molar-refractivity contribution in [2.75, 3.05) is 13.1 Å². The number of carboxylic acids is 1. The van der Waals surface area contributed by atoms with Crippen LogP contribution in [-0.4, -0.2) is 30.3 Å². The fraction of sp³-hybridized carbons (Fsp3) is 0.625. The molecule has 0 spiro atoms. The van der Waals surface area contributed by atoms with E-state index in [-0.39, 0.29) is 12.6 Å². The molecule has 1 aliphatic heterocycles. The van der Waals surface area contributed by atoms with Gasteiger partial charge in [-0.3, -0.25) is 4.79 Å². The quantitative estimate of drug-likeness (QED) is 0.641. The molecule has 0 fully saturated rings. The zero-order valence-corrected chi connectivity index (χ0v) is 6.82. The number of allylic oxidation sites excluding steroid dienone is 1. The van der Waals surface area contributed by atoms with Crippen LogP contribution in [0.2, 0.25) is 0 Å². The van der Waals surface area contributed by atoms with Crippen molar-refractivity contribution in [2.24, 2.45) is 0 Å². The zero-order chi connectivity index (χ0) is 8.81.